The molecule has 0 aromatic heterocycles. The summed E-state index contributed by atoms with van der Waals surface area (Å²) in [7, 11) is 0. The number of fused-ring (bicyclic) bond motifs is 1. The van der Waals surface area contributed by atoms with Crippen LogP contribution in [0.15, 0.2) is 42.5 Å². The van der Waals surface area contributed by atoms with Crippen molar-refractivity contribution in [1.29, 1.82) is 0 Å². The molecule has 2 aromatic rings. The maximum absolute atomic E-state index is 12.3. The van der Waals surface area contributed by atoms with Crippen molar-refractivity contribution in [3.05, 3.63) is 53.6 Å². The van der Waals surface area contributed by atoms with Crippen molar-refractivity contribution in [3.63, 3.8) is 0 Å². The van der Waals surface area contributed by atoms with E-state index in [-0.39, 0.29) is 18.2 Å². The number of halogens is 2. The van der Waals surface area contributed by atoms with Gasteiger partial charge in [0.05, 0.1) is 6.54 Å². The molecule has 0 fully saturated rings. The lowest BCUT2D eigenvalue weighted by molar-refractivity contribution is -0.115. The van der Waals surface area contributed by atoms with Crippen LogP contribution in [0.3, 0.4) is 0 Å². The van der Waals surface area contributed by atoms with Gasteiger partial charge < -0.3 is 15.0 Å². The lowest BCUT2D eigenvalue weighted by Crippen LogP contribution is -2.36. The monoisotopic (exact) mass is 346 g/mol. The average molecular weight is 346 g/mol. The van der Waals surface area contributed by atoms with Gasteiger partial charge in [-0.2, -0.15) is 8.78 Å². The highest BCUT2D eigenvalue weighted by molar-refractivity contribution is 5.94. The molecule has 1 aliphatic rings. The van der Waals surface area contributed by atoms with E-state index >= 15 is 0 Å². The largest absolute Gasteiger partial charge is 0.435 e. The van der Waals surface area contributed by atoms with E-state index in [0.717, 1.165) is 25.1 Å². The number of carbonyl (C=O) groups excluding carboxylic acids is 1. The molecule has 0 unspecified atom stereocenters. The minimum Gasteiger partial charge on any atom is -0.435 e. The van der Waals surface area contributed by atoms with Gasteiger partial charge in [0, 0.05) is 17.9 Å². The van der Waals surface area contributed by atoms with Gasteiger partial charge in [0.25, 0.3) is 0 Å². The van der Waals surface area contributed by atoms with Crippen LogP contribution in [-0.4, -0.2) is 25.6 Å². The van der Waals surface area contributed by atoms with E-state index in [1.807, 2.05) is 0 Å². The van der Waals surface area contributed by atoms with Crippen LogP contribution in [0.1, 0.15) is 17.5 Å². The van der Waals surface area contributed by atoms with Gasteiger partial charge in [-0.05, 0) is 55.7 Å². The van der Waals surface area contributed by atoms with Crippen LogP contribution in [0.5, 0.6) is 5.75 Å². The summed E-state index contributed by atoms with van der Waals surface area (Å²) in [4.78, 5) is 14.4. The van der Waals surface area contributed by atoms with Gasteiger partial charge in [-0.1, -0.05) is 17.7 Å². The molecule has 1 amide bonds. The van der Waals surface area contributed by atoms with Crippen molar-refractivity contribution in [2.45, 2.75) is 26.4 Å². The molecule has 0 spiro atoms. The predicted octanol–water partition coefficient (Wildman–Crippen LogP) is 3.99. The summed E-state index contributed by atoms with van der Waals surface area (Å²) in [6, 6.07) is 12.2. The normalized spacial score (nSPS) is 13.5. The molecule has 3 rings (SSSR count). The molecule has 4 nitrogen and oxygen atoms in total. The summed E-state index contributed by atoms with van der Waals surface area (Å²) in [5.74, 6) is -0.0794. The fourth-order valence-corrected chi connectivity index (χ4v) is 3.06. The van der Waals surface area contributed by atoms with Gasteiger partial charge in [0.1, 0.15) is 5.75 Å². The van der Waals surface area contributed by atoms with E-state index in [0.29, 0.717) is 5.69 Å². The second-order valence-corrected chi connectivity index (χ2v) is 6.11. The Bertz CT molecular complexity index is 748. The Labute approximate surface area is 145 Å². The maximum atomic E-state index is 12.3. The van der Waals surface area contributed by atoms with Crippen molar-refractivity contribution >= 4 is 17.3 Å². The quantitative estimate of drug-likeness (QED) is 0.890. The van der Waals surface area contributed by atoms with Crippen molar-refractivity contribution in [2.75, 3.05) is 23.3 Å². The number of amides is 1. The fourth-order valence-electron chi connectivity index (χ4n) is 3.06. The molecule has 2 aromatic carbocycles. The van der Waals surface area contributed by atoms with Crippen LogP contribution in [0.25, 0.3) is 0 Å². The van der Waals surface area contributed by atoms with Gasteiger partial charge in [0.15, 0.2) is 0 Å². The number of rotatable bonds is 5. The summed E-state index contributed by atoms with van der Waals surface area (Å²) in [6.07, 6.45) is 2.05. The highest BCUT2D eigenvalue weighted by atomic mass is 19.3. The molecule has 25 heavy (non-hydrogen) atoms. The van der Waals surface area contributed by atoms with Gasteiger partial charge in [-0.15, -0.1) is 0 Å². The third kappa shape index (κ3) is 4.47. The topological polar surface area (TPSA) is 41.6 Å². The number of carbonyl (C=O) groups is 1. The SMILES string of the molecule is Cc1ccc2c(c1)CCCN2CC(=O)Nc1ccc(OC(F)F)cc1. The summed E-state index contributed by atoms with van der Waals surface area (Å²) in [5, 5.41) is 2.79. The zero-order valence-electron chi connectivity index (χ0n) is 14.0. The van der Waals surface area contributed by atoms with Crippen LogP contribution in [0.4, 0.5) is 20.2 Å². The van der Waals surface area contributed by atoms with Crippen molar-refractivity contribution in [1.82, 2.24) is 0 Å². The van der Waals surface area contributed by atoms with Crippen LogP contribution >= 0.6 is 0 Å². The molecule has 1 heterocycles. The number of benzene rings is 2. The highest BCUT2D eigenvalue weighted by Crippen LogP contribution is 2.27. The number of aryl methyl sites for hydroxylation is 2. The number of nitrogens with zero attached hydrogens (tertiary/aromatic N) is 1. The standard InChI is InChI=1S/C19H20F2N2O2/c1-13-4-9-17-14(11-13)3-2-10-23(17)12-18(24)22-15-5-7-16(8-6-15)25-19(20)21/h4-9,11,19H,2-3,10,12H2,1H3,(H,22,24). The van der Waals surface area contributed by atoms with Gasteiger partial charge in [0.2, 0.25) is 5.91 Å². The van der Waals surface area contributed by atoms with Gasteiger partial charge >= 0.3 is 6.61 Å². The highest BCUT2D eigenvalue weighted by Gasteiger charge is 2.19. The Kier molecular flexibility index (Phi) is 5.16. The van der Waals surface area contributed by atoms with Crippen LogP contribution in [0.2, 0.25) is 0 Å². The lowest BCUT2D eigenvalue weighted by Gasteiger charge is -2.31. The number of hydrogen-bond acceptors (Lipinski definition) is 3. The van der Waals surface area contributed by atoms with Crippen molar-refractivity contribution in [2.24, 2.45) is 0 Å². The molecular weight excluding hydrogens is 326 g/mol. The second kappa shape index (κ2) is 7.51. The molecule has 132 valence electrons. The number of nitrogens with one attached hydrogen (secondary N) is 1. The zero-order chi connectivity index (χ0) is 17.8. The molecule has 6 heteroatoms. The van der Waals surface area contributed by atoms with Gasteiger partial charge in [-0.3, -0.25) is 4.79 Å². The third-order valence-corrected chi connectivity index (χ3v) is 4.15. The summed E-state index contributed by atoms with van der Waals surface area (Å²) < 4.78 is 28.6. The number of hydrogen-bond donors (Lipinski definition) is 1. The lowest BCUT2D eigenvalue weighted by atomic mass is 9.99. The minimum atomic E-state index is -2.86. The predicted molar refractivity (Wildman–Crippen MR) is 93.4 cm³/mol. The molecule has 0 atom stereocenters. The molecule has 0 saturated heterocycles. The molecule has 0 bridgehead atoms. The van der Waals surface area contributed by atoms with Crippen LogP contribution in [0, 0.1) is 6.92 Å². The second-order valence-electron chi connectivity index (χ2n) is 6.11. The summed E-state index contributed by atoms with van der Waals surface area (Å²) in [5.41, 5.74) is 4.14. The smallest absolute Gasteiger partial charge is 0.387 e. The minimum absolute atomic E-state index is 0.0633. The first kappa shape index (κ1) is 17.2. The molecule has 0 aliphatic carbocycles. The Hall–Kier alpha value is -2.63. The molecule has 0 saturated carbocycles. The first-order chi connectivity index (χ1) is 12.0. The average Bonchev–Trinajstić information content (AvgIpc) is 2.56. The molecule has 0 radical (unpaired) electrons. The summed E-state index contributed by atoms with van der Waals surface area (Å²) >= 11 is 0. The molecular formula is C19H20F2N2O2. The van der Waals surface area contributed by atoms with Crippen molar-refractivity contribution < 1.29 is 18.3 Å². The Morgan fingerprint density at radius 1 is 1.24 bits per heavy atom. The first-order valence-corrected chi connectivity index (χ1v) is 8.20. The van der Waals surface area contributed by atoms with E-state index in [1.54, 1.807) is 12.1 Å². The Morgan fingerprint density at radius 3 is 2.72 bits per heavy atom. The van der Waals surface area contributed by atoms with E-state index in [2.05, 4.69) is 40.1 Å². The number of anilines is 2. The van der Waals surface area contributed by atoms with E-state index in [4.69, 9.17) is 0 Å². The van der Waals surface area contributed by atoms with E-state index in [1.165, 1.54) is 23.3 Å². The van der Waals surface area contributed by atoms with Gasteiger partial charge in [-0.25, -0.2) is 0 Å². The van der Waals surface area contributed by atoms with Crippen LogP contribution < -0.4 is 15.0 Å². The van der Waals surface area contributed by atoms with Crippen molar-refractivity contribution in [3.8, 4) is 5.75 Å². The number of alkyl halides is 2. The zero-order valence-corrected chi connectivity index (χ0v) is 14.0. The molecule has 1 aliphatic heterocycles. The van der Waals surface area contributed by atoms with E-state index in [9.17, 15) is 13.6 Å². The Morgan fingerprint density at radius 2 is 2.00 bits per heavy atom. The third-order valence-electron chi connectivity index (χ3n) is 4.15. The van der Waals surface area contributed by atoms with Crippen LogP contribution in [-0.2, 0) is 11.2 Å². The number of ether oxygens (including phenoxy) is 1. The first-order valence-electron chi connectivity index (χ1n) is 8.20. The van der Waals surface area contributed by atoms with E-state index < -0.39 is 6.61 Å². The fraction of sp³-hybridized carbons (Fsp3) is 0.316. The maximum Gasteiger partial charge on any atom is 0.387 e. The Balaban J connectivity index is 1.62. The summed E-state index contributed by atoms with van der Waals surface area (Å²) in [6.45, 7) is 0.298. The molecule has 1 N–H and O–H groups in total.